The molecule has 0 radical (unpaired) electrons. The highest BCUT2D eigenvalue weighted by Crippen LogP contribution is 2.50. The molecule has 40 heavy (non-hydrogen) atoms. The standard InChI is InChI=1S/C32H36N5O2P/c1-32(2,3)39-31(38)35-25-19-23-37(24-20-25)30-29(33-21-22-34-30)36-40(26-13-7-4-8-14-26,27-15-9-5-10-16-27)28-17-11-6-12-18-28/h4-18,21-22,25H,19-20,23-24H2,1-3H3,(H,35,38). The third-order valence-corrected chi connectivity index (χ3v) is 10.4. The number of rotatable bonds is 6. The molecule has 0 bridgehead atoms. The molecule has 0 aliphatic carbocycles. The number of piperidine rings is 1. The van der Waals surface area contributed by atoms with E-state index in [1.54, 1.807) is 12.4 Å². The van der Waals surface area contributed by atoms with Crippen molar-refractivity contribution in [3.63, 3.8) is 0 Å². The van der Waals surface area contributed by atoms with E-state index < -0.39 is 12.7 Å². The highest BCUT2D eigenvalue weighted by Gasteiger charge is 2.30. The molecule has 0 saturated carbocycles. The number of amides is 1. The van der Waals surface area contributed by atoms with Crippen LogP contribution in [0.1, 0.15) is 33.6 Å². The van der Waals surface area contributed by atoms with Crippen LogP contribution >= 0.6 is 7.05 Å². The number of ether oxygens (including phenoxy) is 1. The lowest BCUT2D eigenvalue weighted by molar-refractivity contribution is 0.0497. The Labute approximate surface area is 236 Å². The van der Waals surface area contributed by atoms with Crippen LogP contribution in [0, 0.1) is 0 Å². The summed E-state index contributed by atoms with van der Waals surface area (Å²) >= 11 is 0. The minimum Gasteiger partial charge on any atom is -0.444 e. The van der Waals surface area contributed by atoms with Gasteiger partial charge < -0.3 is 15.0 Å². The number of nitrogens with one attached hydrogen (secondary N) is 1. The average molecular weight is 554 g/mol. The average Bonchev–Trinajstić information content (AvgIpc) is 2.97. The second-order valence-electron chi connectivity index (χ2n) is 10.9. The first-order valence-corrected chi connectivity index (χ1v) is 15.4. The van der Waals surface area contributed by atoms with Gasteiger partial charge in [-0.2, -0.15) is 0 Å². The summed E-state index contributed by atoms with van der Waals surface area (Å²) in [6.45, 7) is 7.08. The van der Waals surface area contributed by atoms with Crippen LogP contribution in [0.2, 0.25) is 0 Å². The van der Waals surface area contributed by atoms with Gasteiger partial charge in [-0.25, -0.2) is 19.5 Å². The zero-order valence-corrected chi connectivity index (χ0v) is 24.2. The molecule has 1 saturated heterocycles. The number of carbonyl (C=O) groups is 1. The highest BCUT2D eigenvalue weighted by molar-refractivity contribution is 7.87. The van der Waals surface area contributed by atoms with Crippen molar-refractivity contribution in [3.05, 3.63) is 103 Å². The maximum atomic E-state index is 12.3. The molecule has 5 rings (SSSR count). The summed E-state index contributed by atoms with van der Waals surface area (Å²) in [7, 11) is -2.48. The summed E-state index contributed by atoms with van der Waals surface area (Å²) in [5, 5.41) is 6.49. The Bertz CT molecular complexity index is 1360. The fraction of sp³-hybridized carbons (Fsp3) is 0.281. The van der Waals surface area contributed by atoms with Gasteiger partial charge in [0.15, 0.2) is 11.6 Å². The van der Waals surface area contributed by atoms with Crippen LogP contribution in [0.5, 0.6) is 0 Å². The molecule has 0 atom stereocenters. The molecule has 1 aromatic heterocycles. The smallest absolute Gasteiger partial charge is 0.407 e. The van der Waals surface area contributed by atoms with E-state index in [1.165, 1.54) is 0 Å². The Balaban J connectivity index is 1.54. The Morgan fingerprint density at radius 1 is 0.825 bits per heavy atom. The molecule has 0 spiro atoms. The van der Waals surface area contributed by atoms with Gasteiger partial charge in [-0.3, -0.25) is 0 Å². The van der Waals surface area contributed by atoms with Gasteiger partial charge in [-0.15, -0.1) is 0 Å². The Morgan fingerprint density at radius 2 is 1.30 bits per heavy atom. The fourth-order valence-electron chi connectivity index (χ4n) is 5.02. The molecule has 1 amide bonds. The lowest BCUT2D eigenvalue weighted by atomic mass is 10.1. The van der Waals surface area contributed by atoms with Crippen LogP contribution in [-0.4, -0.2) is 40.8 Å². The monoisotopic (exact) mass is 553 g/mol. The Morgan fingerprint density at radius 3 is 1.77 bits per heavy atom. The van der Waals surface area contributed by atoms with E-state index in [0.29, 0.717) is 5.82 Å². The number of anilines is 1. The lowest BCUT2D eigenvalue weighted by Gasteiger charge is -2.34. The van der Waals surface area contributed by atoms with Crippen LogP contribution in [0.25, 0.3) is 0 Å². The van der Waals surface area contributed by atoms with E-state index in [1.807, 2.05) is 39.0 Å². The third-order valence-electron chi connectivity index (χ3n) is 6.81. The van der Waals surface area contributed by atoms with Crippen molar-refractivity contribution in [1.82, 2.24) is 15.3 Å². The highest BCUT2D eigenvalue weighted by atomic mass is 31.2. The van der Waals surface area contributed by atoms with Crippen molar-refractivity contribution in [3.8, 4) is 0 Å². The van der Waals surface area contributed by atoms with E-state index >= 15 is 0 Å². The first-order chi connectivity index (χ1) is 19.3. The van der Waals surface area contributed by atoms with Gasteiger partial charge >= 0.3 is 6.09 Å². The third kappa shape index (κ3) is 6.26. The SMILES string of the molecule is CC(C)(C)OC(=O)NC1CCN(c2nccnc2N=P(c2ccccc2)(c2ccccc2)c2ccccc2)CC1. The normalized spacial score (nSPS) is 14.4. The van der Waals surface area contributed by atoms with Crippen LogP contribution in [0.4, 0.5) is 16.4 Å². The summed E-state index contributed by atoms with van der Waals surface area (Å²) in [6.07, 6.45) is 4.64. The second-order valence-corrected chi connectivity index (χ2v) is 13.9. The van der Waals surface area contributed by atoms with Gasteiger partial charge in [0.1, 0.15) is 5.60 Å². The van der Waals surface area contributed by atoms with E-state index in [-0.39, 0.29) is 12.1 Å². The molecular weight excluding hydrogens is 517 g/mol. The van der Waals surface area contributed by atoms with Crippen molar-refractivity contribution in [2.24, 2.45) is 4.74 Å². The number of nitrogens with zero attached hydrogens (tertiary/aromatic N) is 4. The van der Waals surface area contributed by atoms with Crippen LogP contribution < -0.4 is 26.1 Å². The molecule has 8 heteroatoms. The van der Waals surface area contributed by atoms with E-state index in [0.717, 1.165) is 47.7 Å². The van der Waals surface area contributed by atoms with Gasteiger partial charge in [-0.05, 0) is 33.6 Å². The van der Waals surface area contributed by atoms with Crippen molar-refractivity contribution in [1.29, 1.82) is 0 Å². The maximum Gasteiger partial charge on any atom is 0.407 e. The van der Waals surface area contributed by atoms with Crippen molar-refractivity contribution in [2.45, 2.75) is 45.3 Å². The fourth-order valence-corrected chi connectivity index (χ4v) is 8.50. The lowest BCUT2D eigenvalue weighted by Crippen LogP contribution is -2.46. The molecule has 1 aliphatic heterocycles. The van der Waals surface area contributed by atoms with Gasteiger partial charge in [0, 0.05) is 47.4 Å². The predicted molar refractivity (Wildman–Crippen MR) is 164 cm³/mol. The van der Waals surface area contributed by atoms with Crippen molar-refractivity contribution in [2.75, 3.05) is 18.0 Å². The van der Waals surface area contributed by atoms with Gasteiger partial charge in [0.2, 0.25) is 0 Å². The van der Waals surface area contributed by atoms with E-state index in [9.17, 15) is 4.79 Å². The van der Waals surface area contributed by atoms with Crippen molar-refractivity contribution >= 4 is 40.7 Å². The number of hydrogen-bond acceptors (Lipinski definition) is 6. The predicted octanol–water partition coefficient (Wildman–Crippen LogP) is 5.78. The van der Waals surface area contributed by atoms with Crippen molar-refractivity contribution < 1.29 is 9.53 Å². The van der Waals surface area contributed by atoms with Gasteiger partial charge in [0.25, 0.3) is 0 Å². The Kier molecular flexibility index (Phi) is 8.32. The molecular formula is C32H36N5O2P. The zero-order valence-electron chi connectivity index (χ0n) is 23.3. The molecule has 1 aliphatic rings. The van der Waals surface area contributed by atoms with E-state index in [2.05, 4.69) is 83.0 Å². The largest absolute Gasteiger partial charge is 0.444 e. The number of benzene rings is 3. The number of aromatic nitrogens is 2. The molecule has 0 unspecified atom stereocenters. The molecule has 3 aromatic carbocycles. The minimum absolute atomic E-state index is 0.0488. The quantitative estimate of drug-likeness (QED) is 0.306. The number of alkyl carbamates (subject to hydrolysis) is 1. The van der Waals surface area contributed by atoms with Gasteiger partial charge in [0.05, 0.1) is 7.05 Å². The van der Waals surface area contributed by atoms with Gasteiger partial charge in [-0.1, -0.05) is 91.0 Å². The molecule has 4 aromatic rings. The maximum absolute atomic E-state index is 12.3. The molecule has 2 heterocycles. The summed E-state index contributed by atoms with van der Waals surface area (Å²) in [4.78, 5) is 24.1. The topological polar surface area (TPSA) is 79.7 Å². The first-order valence-electron chi connectivity index (χ1n) is 13.7. The summed E-state index contributed by atoms with van der Waals surface area (Å²) in [5.41, 5.74) is -0.521. The zero-order chi connectivity index (χ0) is 28.0. The molecule has 206 valence electrons. The molecule has 1 fully saturated rings. The second kappa shape index (κ2) is 12.1. The number of hydrogen-bond donors (Lipinski definition) is 1. The van der Waals surface area contributed by atoms with E-state index in [4.69, 9.17) is 19.4 Å². The Hall–Kier alpha value is -3.96. The van der Waals surface area contributed by atoms with Crippen LogP contribution in [0.3, 0.4) is 0 Å². The van der Waals surface area contributed by atoms with Crippen LogP contribution in [0.15, 0.2) is 108 Å². The molecule has 1 N–H and O–H groups in total. The summed E-state index contributed by atoms with van der Waals surface area (Å²) in [5.74, 6) is 1.40. The number of carbonyl (C=O) groups excluding carboxylic acids is 1. The summed E-state index contributed by atoms with van der Waals surface area (Å²) < 4.78 is 11.0. The summed E-state index contributed by atoms with van der Waals surface area (Å²) in [6, 6.07) is 31.6. The van der Waals surface area contributed by atoms with Crippen LogP contribution in [-0.2, 0) is 4.74 Å². The minimum atomic E-state index is -2.48. The molecule has 7 nitrogen and oxygen atoms in total. The first kappa shape index (κ1) is 27.6.